The molecule has 2 heterocycles. The smallest absolute Gasteiger partial charge is 0.261 e. The lowest BCUT2D eigenvalue weighted by atomic mass is 9.87. The van der Waals surface area contributed by atoms with Crippen molar-refractivity contribution in [3.63, 3.8) is 0 Å². The minimum absolute atomic E-state index is 0.155. The second kappa shape index (κ2) is 7.14. The van der Waals surface area contributed by atoms with Gasteiger partial charge in [0.15, 0.2) is 0 Å². The molecule has 1 amide bonds. The van der Waals surface area contributed by atoms with Crippen LogP contribution in [0.15, 0.2) is 6.07 Å². The van der Waals surface area contributed by atoms with Crippen LogP contribution in [0.2, 0.25) is 0 Å². The maximum atomic E-state index is 12.5. The van der Waals surface area contributed by atoms with Crippen LogP contribution in [-0.4, -0.2) is 36.5 Å². The van der Waals surface area contributed by atoms with Gasteiger partial charge in [0.2, 0.25) is 0 Å². The molecule has 1 N–H and O–H groups in total. The molecular formula is C18H28N2OS. The fraction of sp³-hybridized carbons (Fsp3) is 0.722. The molecule has 1 aliphatic carbocycles. The zero-order valence-corrected chi connectivity index (χ0v) is 14.7. The van der Waals surface area contributed by atoms with E-state index in [1.165, 1.54) is 36.1 Å². The van der Waals surface area contributed by atoms with E-state index >= 15 is 0 Å². The predicted molar refractivity (Wildman–Crippen MR) is 92.7 cm³/mol. The first kappa shape index (κ1) is 16.0. The standard InChI is InChI=1S/C18H28N2OS/c1-3-13-5-6-16-14(11-13)12-17(22-16)18(21)19-15-7-9-20(4-2)10-8-15/h12-13,15H,3-11H2,1-2H3,(H,19,21)/t13-/m0/s1. The zero-order chi connectivity index (χ0) is 15.5. The van der Waals surface area contributed by atoms with E-state index in [1.54, 1.807) is 11.3 Å². The number of amides is 1. The van der Waals surface area contributed by atoms with Gasteiger partial charge in [0.25, 0.3) is 5.91 Å². The Morgan fingerprint density at radius 1 is 1.32 bits per heavy atom. The Morgan fingerprint density at radius 3 is 2.77 bits per heavy atom. The Labute approximate surface area is 138 Å². The Bertz CT molecular complexity index is 517. The van der Waals surface area contributed by atoms with E-state index in [2.05, 4.69) is 30.1 Å². The Morgan fingerprint density at radius 2 is 2.09 bits per heavy atom. The summed E-state index contributed by atoms with van der Waals surface area (Å²) in [5, 5.41) is 3.26. The second-order valence-corrected chi connectivity index (χ2v) is 7.89. The summed E-state index contributed by atoms with van der Waals surface area (Å²) in [4.78, 5) is 17.4. The van der Waals surface area contributed by atoms with Crippen molar-refractivity contribution in [2.75, 3.05) is 19.6 Å². The minimum atomic E-state index is 0.155. The van der Waals surface area contributed by atoms with Gasteiger partial charge in [0.1, 0.15) is 0 Å². The van der Waals surface area contributed by atoms with E-state index in [0.717, 1.165) is 43.3 Å². The number of piperidine rings is 1. The molecule has 3 rings (SSSR count). The number of carbonyl (C=O) groups is 1. The lowest BCUT2D eigenvalue weighted by Crippen LogP contribution is -2.44. The van der Waals surface area contributed by atoms with E-state index in [1.807, 2.05) is 0 Å². The molecule has 0 saturated carbocycles. The van der Waals surface area contributed by atoms with Gasteiger partial charge in [-0.25, -0.2) is 0 Å². The van der Waals surface area contributed by atoms with E-state index in [9.17, 15) is 4.79 Å². The van der Waals surface area contributed by atoms with Crippen molar-refractivity contribution < 1.29 is 4.79 Å². The molecule has 0 spiro atoms. The summed E-state index contributed by atoms with van der Waals surface area (Å²) in [5.74, 6) is 0.971. The van der Waals surface area contributed by atoms with E-state index < -0.39 is 0 Å². The SMILES string of the molecule is CC[C@H]1CCc2sc(C(=O)NC3CCN(CC)CC3)cc2C1. The normalized spacial score (nSPS) is 23.3. The largest absolute Gasteiger partial charge is 0.349 e. The number of nitrogens with zero attached hydrogens (tertiary/aromatic N) is 1. The summed E-state index contributed by atoms with van der Waals surface area (Å²) >= 11 is 1.73. The molecule has 1 aliphatic heterocycles. The summed E-state index contributed by atoms with van der Waals surface area (Å²) in [6.45, 7) is 7.83. The zero-order valence-electron chi connectivity index (χ0n) is 13.9. The highest BCUT2D eigenvalue weighted by Gasteiger charge is 2.24. The number of rotatable bonds is 4. The highest BCUT2D eigenvalue weighted by atomic mass is 32.1. The van der Waals surface area contributed by atoms with Crippen LogP contribution >= 0.6 is 11.3 Å². The Kier molecular flexibility index (Phi) is 5.19. The van der Waals surface area contributed by atoms with Gasteiger partial charge in [-0.3, -0.25) is 4.79 Å². The molecule has 22 heavy (non-hydrogen) atoms. The third-order valence-corrected chi connectivity index (χ3v) is 6.59. The van der Waals surface area contributed by atoms with Crippen molar-refractivity contribution in [3.8, 4) is 0 Å². The van der Waals surface area contributed by atoms with Crippen molar-refractivity contribution in [2.24, 2.45) is 5.92 Å². The molecule has 1 fully saturated rings. The van der Waals surface area contributed by atoms with Crippen LogP contribution in [0.3, 0.4) is 0 Å². The number of nitrogens with one attached hydrogen (secondary N) is 1. The van der Waals surface area contributed by atoms with Gasteiger partial charge >= 0.3 is 0 Å². The predicted octanol–water partition coefficient (Wildman–Crippen LogP) is 3.48. The third kappa shape index (κ3) is 3.54. The molecule has 0 radical (unpaired) electrons. The van der Waals surface area contributed by atoms with E-state index in [4.69, 9.17) is 0 Å². The van der Waals surface area contributed by atoms with Crippen LogP contribution in [0.4, 0.5) is 0 Å². The average molecular weight is 321 g/mol. The molecule has 0 unspecified atom stereocenters. The Hall–Kier alpha value is -0.870. The fourth-order valence-corrected chi connectivity index (χ4v) is 4.82. The molecule has 122 valence electrons. The maximum Gasteiger partial charge on any atom is 0.261 e. The summed E-state index contributed by atoms with van der Waals surface area (Å²) in [6.07, 6.45) is 7.06. The number of likely N-dealkylation sites (tertiary alicyclic amines) is 1. The first-order valence-corrected chi connectivity index (χ1v) is 9.66. The number of thiophene rings is 1. The van der Waals surface area contributed by atoms with Crippen molar-refractivity contribution in [3.05, 3.63) is 21.4 Å². The first-order chi connectivity index (χ1) is 10.7. The van der Waals surface area contributed by atoms with Gasteiger partial charge in [-0.2, -0.15) is 0 Å². The molecule has 4 heteroatoms. The van der Waals surface area contributed by atoms with Gasteiger partial charge in [-0.05, 0) is 56.2 Å². The lowest BCUT2D eigenvalue weighted by Gasteiger charge is -2.31. The van der Waals surface area contributed by atoms with Gasteiger partial charge in [0, 0.05) is 24.0 Å². The monoisotopic (exact) mass is 320 g/mol. The van der Waals surface area contributed by atoms with Crippen LogP contribution in [0.1, 0.15) is 59.6 Å². The molecule has 0 aromatic carbocycles. The van der Waals surface area contributed by atoms with Crippen molar-refractivity contribution in [1.29, 1.82) is 0 Å². The quantitative estimate of drug-likeness (QED) is 0.921. The van der Waals surface area contributed by atoms with Gasteiger partial charge in [0.05, 0.1) is 4.88 Å². The number of fused-ring (bicyclic) bond motifs is 1. The first-order valence-electron chi connectivity index (χ1n) is 8.84. The molecule has 1 atom stereocenters. The lowest BCUT2D eigenvalue weighted by molar-refractivity contribution is 0.0916. The van der Waals surface area contributed by atoms with Gasteiger partial charge in [-0.15, -0.1) is 11.3 Å². The second-order valence-electron chi connectivity index (χ2n) is 6.76. The molecule has 0 bridgehead atoms. The number of carbonyl (C=O) groups excluding carboxylic acids is 1. The number of hydrogen-bond donors (Lipinski definition) is 1. The molecule has 1 saturated heterocycles. The summed E-state index contributed by atoms with van der Waals surface area (Å²) in [6, 6.07) is 2.52. The molecule has 1 aromatic rings. The highest BCUT2D eigenvalue weighted by molar-refractivity contribution is 7.14. The molecule has 3 nitrogen and oxygen atoms in total. The third-order valence-electron chi connectivity index (χ3n) is 5.36. The van der Waals surface area contributed by atoms with Crippen LogP contribution in [0, 0.1) is 5.92 Å². The fourth-order valence-electron chi connectivity index (χ4n) is 3.71. The molecule has 1 aromatic heterocycles. The summed E-state index contributed by atoms with van der Waals surface area (Å²) in [5.41, 5.74) is 1.44. The topological polar surface area (TPSA) is 32.3 Å². The summed E-state index contributed by atoms with van der Waals surface area (Å²) < 4.78 is 0. The summed E-state index contributed by atoms with van der Waals surface area (Å²) in [7, 11) is 0. The molecule has 2 aliphatic rings. The highest BCUT2D eigenvalue weighted by Crippen LogP contribution is 2.33. The van der Waals surface area contributed by atoms with Gasteiger partial charge < -0.3 is 10.2 Å². The Balaban J connectivity index is 1.58. The van der Waals surface area contributed by atoms with E-state index in [0.29, 0.717) is 6.04 Å². The number of hydrogen-bond acceptors (Lipinski definition) is 3. The van der Waals surface area contributed by atoms with Crippen LogP contribution in [0.25, 0.3) is 0 Å². The van der Waals surface area contributed by atoms with Crippen molar-refractivity contribution in [1.82, 2.24) is 10.2 Å². The number of aryl methyl sites for hydroxylation is 1. The van der Waals surface area contributed by atoms with Crippen LogP contribution in [0.5, 0.6) is 0 Å². The van der Waals surface area contributed by atoms with Crippen molar-refractivity contribution in [2.45, 2.75) is 58.4 Å². The van der Waals surface area contributed by atoms with Crippen LogP contribution < -0.4 is 5.32 Å². The van der Waals surface area contributed by atoms with E-state index in [-0.39, 0.29) is 5.91 Å². The van der Waals surface area contributed by atoms with Crippen molar-refractivity contribution >= 4 is 17.2 Å². The maximum absolute atomic E-state index is 12.5. The van der Waals surface area contributed by atoms with Crippen LogP contribution in [-0.2, 0) is 12.8 Å². The average Bonchev–Trinajstić information content (AvgIpc) is 2.98. The minimum Gasteiger partial charge on any atom is -0.349 e. The molecular weight excluding hydrogens is 292 g/mol. The van der Waals surface area contributed by atoms with Gasteiger partial charge in [-0.1, -0.05) is 20.3 Å².